The Kier molecular flexibility index (Phi) is 13.0. The van der Waals surface area contributed by atoms with E-state index in [1.165, 1.54) is 66.8 Å². The minimum Gasteiger partial charge on any atom is -0.311 e. The number of nitrogens with zero attached hydrogens (tertiary/aromatic N) is 2. The lowest BCUT2D eigenvalue weighted by Crippen LogP contribution is -2.10. The van der Waals surface area contributed by atoms with Gasteiger partial charge in [0.25, 0.3) is 0 Å². The smallest absolute Gasteiger partial charge is 0.0462 e. The Hall–Kier alpha value is -9.50. The van der Waals surface area contributed by atoms with Crippen molar-refractivity contribution in [2.45, 2.75) is 12.3 Å². The molecule has 2 nitrogen and oxygen atoms in total. The van der Waals surface area contributed by atoms with E-state index in [1.54, 1.807) is 0 Å². The van der Waals surface area contributed by atoms with Gasteiger partial charge in [0, 0.05) is 40.0 Å². The molecule has 1 unspecified atom stereocenters. The predicted octanol–water partition coefficient (Wildman–Crippen LogP) is 20.1. The lowest BCUT2D eigenvalue weighted by atomic mass is 9.88. The van der Waals surface area contributed by atoms with Gasteiger partial charge >= 0.3 is 0 Å². The lowest BCUT2D eigenvalue weighted by molar-refractivity contribution is 0.856. The summed E-state index contributed by atoms with van der Waals surface area (Å²) in [4.78, 5) is 4.68. The zero-order valence-corrected chi connectivity index (χ0v) is 41.1. The van der Waals surface area contributed by atoms with Crippen molar-refractivity contribution in [1.82, 2.24) is 0 Å². The van der Waals surface area contributed by atoms with Crippen LogP contribution in [0.4, 0.5) is 34.1 Å². The van der Waals surface area contributed by atoms with Gasteiger partial charge < -0.3 is 9.80 Å². The third kappa shape index (κ3) is 9.65. The molecule has 0 saturated heterocycles. The second-order valence-electron chi connectivity index (χ2n) is 18.8. The van der Waals surface area contributed by atoms with E-state index in [9.17, 15) is 0 Å². The highest BCUT2D eigenvalue weighted by atomic mass is 15.1. The molecule has 1 aliphatic rings. The predicted molar refractivity (Wildman–Crippen MR) is 314 cm³/mol. The van der Waals surface area contributed by atoms with Gasteiger partial charge in [-0.1, -0.05) is 237 Å². The van der Waals surface area contributed by atoms with E-state index in [4.69, 9.17) is 0 Å². The van der Waals surface area contributed by atoms with Crippen molar-refractivity contribution in [2.75, 3.05) is 9.80 Å². The third-order valence-electron chi connectivity index (χ3n) is 14.3. The van der Waals surface area contributed by atoms with E-state index in [2.05, 4.69) is 319 Å². The summed E-state index contributed by atoms with van der Waals surface area (Å²) in [6.45, 7) is 0. The Balaban J connectivity index is 0.805. The van der Waals surface area contributed by atoms with Gasteiger partial charge in [0.05, 0.1) is 0 Å². The molecular formula is C72H54N2. The molecular weight excluding hydrogens is 893 g/mol. The van der Waals surface area contributed by atoms with Crippen LogP contribution in [0.1, 0.15) is 23.5 Å². The minimum absolute atomic E-state index is 0.348. The SMILES string of the molecule is C1=CC(c2ccc(N(c3ccccc3)c3ccc(-c4ccccc4-c4ccccc4-c4ccc(N(c5ccccc5)c5ccc(-c6ccc(-c7ccccc7)cc6)cc5)cc4)cc3)cc2)CC=C1c1ccccc1. The minimum atomic E-state index is 0.348. The average Bonchev–Trinajstić information content (AvgIpc) is 3.49. The fourth-order valence-corrected chi connectivity index (χ4v) is 10.4. The Labute approximate surface area is 435 Å². The van der Waals surface area contributed by atoms with E-state index in [0.29, 0.717) is 5.92 Å². The van der Waals surface area contributed by atoms with Crippen LogP contribution >= 0.6 is 0 Å². The van der Waals surface area contributed by atoms with Crippen molar-refractivity contribution >= 4 is 39.7 Å². The first-order valence-electron chi connectivity index (χ1n) is 25.6. The second kappa shape index (κ2) is 21.1. The van der Waals surface area contributed by atoms with Gasteiger partial charge in [-0.3, -0.25) is 0 Å². The van der Waals surface area contributed by atoms with E-state index >= 15 is 0 Å². The molecule has 0 heterocycles. The van der Waals surface area contributed by atoms with E-state index in [1.807, 2.05) is 0 Å². The molecule has 0 spiro atoms. The van der Waals surface area contributed by atoms with Crippen molar-refractivity contribution in [3.05, 3.63) is 321 Å². The van der Waals surface area contributed by atoms with Gasteiger partial charge in [-0.05, 0) is 152 Å². The molecule has 1 atom stereocenters. The van der Waals surface area contributed by atoms with Crippen molar-refractivity contribution < 1.29 is 0 Å². The number of rotatable bonds is 13. The first kappa shape index (κ1) is 45.6. The van der Waals surface area contributed by atoms with Crippen LogP contribution in [-0.2, 0) is 0 Å². The maximum Gasteiger partial charge on any atom is 0.0462 e. The lowest BCUT2D eigenvalue weighted by Gasteiger charge is -2.26. The topological polar surface area (TPSA) is 6.48 Å². The van der Waals surface area contributed by atoms with Crippen LogP contribution in [0.5, 0.6) is 0 Å². The van der Waals surface area contributed by atoms with Crippen LogP contribution in [0.15, 0.2) is 309 Å². The summed E-state index contributed by atoms with van der Waals surface area (Å²) in [5, 5.41) is 0. The fraction of sp³-hybridized carbons (Fsp3) is 0.0278. The highest BCUT2D eigenvalue weighted by Gasteiger charge is 2.19. The Bertz CT molecular complexity index is 3680. The summed E-state index contributed by atoms with van der Waals surface area (Å²) in [7, 11) is 0. The maximum absolute atomic E-state index is 2.37. The molecule has 11 aromatic carbocycles. The first-order chi connectivity index (χ1) is 36.7. The van der Waals surface area contributed by atoms with Gasteiger partial charge in [-0.25, -0.2) is 0 Å². The summed E-state index contributed by atoms with van der Waals surface area (Å²) in [6, 6.07) is 105. The molecule has 0 bridgehead atoms. The standard InChI is InChI=1S/C72H54N2/c1-5-17-53(18-6-1)55-29-33-57(34-30-55)59-37-45-65(46-38-59)73(63-21-9-3-10-22-63)67-49-41-61(42-50-67)69-25-13-15-27-71(69)72-28-16-14-26-70(72)62-43-51-68(52-44-62)74(64-23-11-4-12-24-64)66-47-39-60(40-48-66)58-35-31-56(32-36-58)54-19-7-2-8-20-54/h1-35,37-52,58H,36H2. The van der Waals surface area contributed by atoms with Crippen molar-refractivity contribution in [2.24, 2.45) is 0 Å². The largest absolute Gasteiger partial charge is 0.311 e. The number of allylic oxidation sites excluding steroid dienone is 4. The van der Waals surface area contributed by atoms with E-state index in [-0.39, 0.29) is 0 Å². The fourth-order valence-electron chi connectivity index (χ4n) is 10.4. The highest BCUT2D eigenvalue weighted by Crippen LogP contribution is 2.43. The molecule has 74 heavy (non-hydrogen) atoms. The summed E-state index contributed by atoms with van der Waals surface area (Å²) in [5.74, 6) is 0.348. The maximum atomic E-state index is 2.37. The molecule has 0 radical (unpaired) electrons. The van der Waals surface area contributed by atoms with Gasteiger partial charge in [0.2, 0.25) is 0 Å². The third-order valence-corrected chi connectivity index (χ3v) is 14.3. The van der Waals surface area contributed by atoms with E-state index in [0.717, 1.165) is 46.1 Å². The van der Waals surface area contributed by atoms with Crippen LogP contribution in [-0.4, -0.2) is 0 Å². The molecule has 1 aliphatic carbocycles. The summed E-state index contributed by atoms with van der Waals surface area (Å²) >= 11 is 0. The number of anilines is 6. The molecule has 0 aliphatic heterocycles. The second-order valence-corrected chi connectivity index (χ2v) is 18.8. The van der Waals surface area contributed by atoms with Crippen LogP contribution < -0.4 is 9.80 Å². The zero-order valence-electron chi connectivity index (χ0n) is 41.1. The van der Waals surface area contributed by atoms with Gasteiger partial charge in [-0.15, -0.1) is 0 Å². The van der Waals surface area contributed by atoms with Crippen LogP contribution in [0.25, 0.3) is 61.2 Å². The Morgan fingerprint density at radius 2 is 0.541 bits per heavy atom. The number of para-hydroxylation sites is 2. The molecule has 0 aromatic heterocycles. The normalized spacial score (nSPS) is 13.0. The molecule has 12 rings (SSSR count). The summed E-state index contributed by atoms with van der Waals surface area (Å²) < 4.78 is 0. The Morgan fingerprint density at radius 1 is 0.243 bits per heavy atom. The zero-order chi connectivity index (χ0) is 49.5. The molecule has 0 fully saturated rings. The molecule has 2 heteroatoms. The summed E-state index contributed by atoms with van der Waals surface area (Å²) in [6.07, 6.45) is 7.98. The van der Waals surface area contributed by atoms with Crippen molar-refractivity contribution in [3.63, 3.8) is 0 Å². The molecule has 0 amide bonds. The van der Waals surface area contributed by atoms with Crippen molar-refractivity contribution in [1.29, 1.82) is 0 Å². The van der Waals surface area contributed by atoms with Crippen LogP contribution in [0, 0.1) is 0 Å². The Morgan fingerprint density at radius 3 is 0.932 bits per heavy atom. The summed E-state index contributed by atoms with van der Waals surface area (Å²) in [5.41, 5.74) is 22.4. The van der Waals surface area contributed by atoms with Gasteiger partial charge in [0.15, 0.2) is 0 Å². The molecule has 11 aromatic rings. The van der Waals surface area contributed by atoms with Crippen LogP contribution in [0.2, 0.25) is 0 Å². The monoisotopic (exact) mass is 946 g/mol. The first-order valence-corrected chi connectivity index (χ1v) is 25.6. The number of benzene rings is 11. The van der Waals surface area contributed by atoms with Gasteiger partial charge in [0.1, 0.15) is 0 Å². The number of hydrogen-bond acceptors (Lipinski definition) is 2. The molecule has 0 N–H and O–H groups in total. The van der Waals surface area contributed by atoms with E-state index < -0.39 is 0 Å². The van der Waals surface area contributed by atoms with Crippen molar-refractivity contribution in [3.8, 4) is 55.6 Å². The average molecular weight is 947 g/mol. The highest BCUT2D eigenvalue weighted by molar-refractivity contribution is 5.93. The molecule has 0 saturated carbocycles. The molecule has 352 valence electrons. The quantitative estimate of drug-likeness (QED) is 0.114. The van der Waals surface area contributed by atoms with Gasteiger partial charge in [-0.2, -0.15) is 0 Å². The number of hydrogen-bond donors (Lipinski definition) is 0. The van der Waals surface area contributed by atoms with Crippen LogP contribution in [0.3, 0.4) is 0 Å².